The van der Waals surface area contributed by atoms with Gasteiger partial charge in [0.15, 0.2) is 5.75 Å². The largest absolute Gasteiger partial charge is 0.486 e. The zero-order valence-corrected chi connectivity index (χ0v) is 16.1. The fourth-order valence-corrected chi connectivity index (χ4v) is 3.13. The van der Waals surface area contributed by atoms with E-state index in [0.717, 1.165) is 11.1 Å². The zero-order valence-electron chi connectivity index (χ0n) is 11.5. The minimum absolute atomic E-state index is 0.282. The molecule has 0 fully saturated rings. The predicted molar refractivity (Wildman–Crippen MR) is 99.8 cm³/mol. The van der Waals surface area contributed by atoms with E-state index in [-0.39, 0.29) is 6.61 Å². The molecule has 0 saturated carbocycles. The smallest absolute Gasteiger partial charge is 0.245 e. The Balaban J connectivity index is 2.16. The average molecular weight is 455 g/mol. The maximum Gasteiger partial charge on any atom is 0.245 e. The molecule has 2 aromatic rings. The monoisotopic (exact) mass is 452 g/mol. The fourth-order valence-electron chi connectivity index (χ4n) is 1.76. The highest BCUT2D eigenvalue weighted by atomic mass is 79.9. The Morgan fingerprint density at radius 3 is 2.43 bits per heavy atom. The number of hydrogen-bond donors (Lipinski definition) is 0. The molecule has 0 aliphatic heterocycles. The van der Waals surface area contributed by atoms with E-state index in [4.69, 9.17) is 51.1 Å². The fraction of sp³-hybridized carbons (Fsp3) is 0.0625. The Labute approximate surface area is 162 Å². The Kier molecular flexibility index (Phi) is 6.81. The summed E-state index contributed by atoms with van der Waals surface area (Å²) in [6.07, 6.45) is 2.81. The number of benzene rings is 2. The molecule has 0 amide bonds. The van der Waals surface area contributed by atoms with Gasteiger partial charge in [-0.25, -0.2) is 0 Å². The van der Waals surface area contributed by atoms with Gasteiger partial charge < -0.3 is 4.74 Å². The van der Waals surface area contributed by atoms with Gasteiger partial charge in [0, 0.05) is 0 Å². The molecular weight excluding hydrogens is 446 g/mol. The zero-order chi connectivity index (χ0) is 17.0. The molecule has 0 saturated heterocycles. The molecule has 120 valence electrons. The minimum atomic E-state index is -0.558. The Bertz CT molecular complexity index is 752. The summed E-state index contributed by atoms with van der Waals surface area (Å²) in [6, 6.07) is 8.70. The molecular formula is C16H9BrCl4O2. The van der Waals surface area contributed by atoms with E-state index in [2.05, 4.69) is 15.9 Å². The van der Waals surface area contributed by atoms with Crippen LogP contribution in [0.15, 0.2) is 40.9 Å². The van der Waals surface area contributed by atoms with Crippen molar-refractivity contribution in [2.45, 2.75) is 6.61 Å². The summed E-state index contributed by atoms with van der Waals surface area (Å²) in [4.78, 5) is 10.8. The van der Waals surface area contributed by atoms with Crippen molar-refractivity contribution in [2.24, 2.45) is 0 Å². The van der Waals surface area contributed by atoms with Crippen molar-refractivity contribution < 1.29 is 9.53 Å². The van der Waals surface area contributed by atoms with E-state index in [1.165, 1.54) is 6.08 Å². The van der Waals surface area contributed by atoms with Crippen LogP contribution < -0.4 is 4.74 Å². The van der Waals surface area contributed by atoms with Crippen molar-refractivity contribution in [3.05, 3.63) is 67.1 Å². The van der Waals surface area contributed by atoms with Crippen molar-refractivity contribution in [3.8, 4) is 5.75 Å². The lowest BCUT2D eigenvalue weighted by atomic mass is 10.2. The number of ether oxygens (including phenoxy) is 1. The summed E-state index contributed by atoms with van der Waals surface area (Å²) in [6.45, 7) is 0.282. The van der Waals surface area contributed by atoms with Crippen LogP contribution in [-0.4, -0.2) is 5.24 Å². The highest BCUT2D eigenvalue weighted by Gasteiger charge is 2.10. The van der Waals surface area contributed by atoms with Gasteiger partial charge in [0.1, 0.15) is 6.61 Å². The van der Waals surface area contributed by atoms with E-state index in [9.17, 15) is 4.79 Å². The molecule has 2 aromatic carbocycles. The molecule has 0 aliphatic carbocycles. The van der Waals surface area contributed by atoms with Gasteiger partial charge in [0.25, 0.3) is 0 Å². The molecule has 7 heteroatoms. The summed E-state index contributed by atoms with van der Waals surface area (Å²) in [5, 5.41) is 0.794. The first-order valence-electron chi connectivity index (χ1n) is 6.30. The van der Waals surface area contributed by atoms with Crippen LogP contribution in [-0.2, 0) is 11.4 Å². The van der Waals surface area contributed by atoms with Crippen LogP contribution in [0.3, 0.4) is 0 Å². The van der Waals surface area contributed by atoms with Crippen LogP contribution >= 0.6 is 62.3 Å². The quantitative estimate of drug-likeness (QED) is 0.368. The second-order valence-corrected chi connectivity index (χ2v) is 6.94. The lowest BCUT2D eigenvalue weighted by Crippen LogP contribution is -1.97. The number of carbonyl (C=O) groups excluding carboxylic acids is 1. The molecule has 0 aromatic heterocycles. The van der Waals surface area contributed by atoms with Gasteiger partial charge in [-0.15, -0.1) is 0 Å². The third-order valence-corrected chi connectivity index (χ3v) is 4.53. The van der Waals surface area contributed by atoms with Crippen LogP contribution in [0, 0.1) is 0 Å². The first kappa shape index (κ1) is 18.6. The molecule has 0 heterocycles. The molecule has 0 unspecified atom stereocenters. The first-order chi connectivity index (χ1) is 10.9. The van der Waals surface area contributed by atoms with Crippen molar-refractivity contribution >= 4 is 73.7 Å². The lowest BCUT2D eigenvalue weighted by Gasteiger charge is -2.11. The third-order valence-electron chi connectivity index (χ3n) is 2.79. The Morgan fingerprint density at radius 2 is 1.83 bits per heavy atom. The third kappa shape index (κ3) is 5.40. The van der Waals surface area contributed by atoms with Crippen LogP contribution in [0.25, 0.3) is 6.08 Å². The lowest BCUT2D eigenvalue weighted by molar-refractivity contribution is -0.107. The van der Waals surface area contributed by atoms with Gasteiger partial charge in [-0.3, -0.25) is 4.79 Å². The number of rotatable bonds is 5. The van der Waals surface area contributed by atoms with E-state index < -0.39 is 5.24 Å². The van der Waals surface area contributed by atoms with E-state index in [1.807, 2.05) is 6.07 Å². The maximum absolute atomic E-state index is 10.8. The van der Waals surface area contributed by atoms with Crippen LogP contribution in [0.1, 0.15) is 11.1 Å². The van der Waals surface area contributed by atoms with Crippen molar-refractivity contribution in [2.75, 3.05) is 0 Å². The molecule has 23 heavy (non-hydrogen) atoms. The van der Waals surface area contributed by atoms with Crippen molar-refractivity contribution in [1.82, 2.24) is 0 Å². The molecule has 0 bridgehead atoms. The molecule has 0 spiro atoms. The predicted octanol–water partition coefficient (Wildman–Crippen LogP) is 6.77. The second kappa shape index (κ2) is 8.41. The van der Waals surface area contributed by atoms with Crippen molar-refractivity contribution in [3.63, 3.8) is 0 Å². The van der Waals surface area contributed by atoms with Crippen LogP contribution in [0.2, 0.25) is 15.1 Å². The number of hydrogen-bond acceptors (Lipinski definition) is 2. The van der Waals surface area contributed by atoms with Gasteiger partial charge in [0.05, 0.1) is 19.5 Å². The Morgan fingerprint density at radius 1 is 1.09 bits per heavy atom. The number of carbonyl (C=O) groups is 1. The van der Waals surface area contributed by atoms with Gasteiger partial charge in [-0.1, -0.05) is 46.9 Å². The number of halogens is 5. The summed E-state index contributed by atoms with van der Waals surface area (Å²) in [5.74, 6) is 0.493. The summed E-state index contributed by atoms with van der Waals surface area (Å²) in [5.41, 5.74) is 1.58. The van der Waals surface area contributed by atoms with Crippen LogP contribution in [0.4, 0.5) is 0 Å². The van der Waals surface area contributed by atoms with Crippen molar-refractivity contribution in [1.29, 1.82) is 0 Å². The maximum atomic E-state index is 10.8. The van der Waals surface area contributed by atoms with Gasteiger partial charge in [0.2, 0.25) is 5.24 Å². The molecule has 0 radical (unpaired) electrons. The number of allylic oxidation sites excluding steroid dienone is 1. The molecule has 2 nitrogen and oxygen atoms in total. The van der Waals surface area contributed by atoms with Crippen LogP contribution in [0.5, 0.6) is 5.75 Å². The molecule has 2 rings (SSSR count). The summed E-state index contributed by atoms with van der Waals surface area (Å²) >= 11 is 26.7. The summed E-state index contributed by atoms with van der Waals surface area (Å²) < 4.78 is 6.39. The average Bonchev–Trinajstić information content (AvgIpc) is 2.48. The molecule has 0 aliphatic rings. The SMILES string of the molecule is O=C(Cl)/C=C/c1cc(Cl)c(OCc2ccc(Cl)c(Cl)c2)c(Br)c1. The van der Waals surface area contributed by atoms with E-state index >= 15 is 0 Å². The first-order valence-corrected chi connectivity index (χ1v) is 8.60. The normalized spacial score (nSPS) is 11.0. The standard InChI is InChI=1S/C16H9BrCl4O2/c17-11-5-9(2-4-15(21)22)6-14(20)16(11)23-8-10-1-3-12(18)13(19)7-10/h1-7H,8H2/b4-2+. The molecule has 0 N–H and O–H groups in total. The van der Waals surface area contributed by atoms with Gasteiger partial charge >= 0.3 is 0 Å². The minimum Gasteiger partial charge on any atom is -0.486 e. The topological polar surface area (TPSA) is 26.3 Å². The summed E-state index contributed by atoms with van der Waals surface area (Å²) in [7, 11) is 0. The van der Waals surface area contributed by atoms with E-state index in [1.54, 1.807) is 30.3 Å². The second-order valence-electron chi connectivity index (χ2n) is 4.49. The van der Waals surface area contributed by atoms with E-state index in [0.29, 0.717) is 25.3 Å². The Hall–Kier alpha value is -0.710. The van der Waals surface area contributed by atoms with Gasteiger partial charge in [-0.2, -0.15) is 0 Å². The highest BCUT2D eigenvalue weighted by molar-refractivity contribution is 9.10. The highest BCUT2D eigenvalue weighted by Crippen LogP contribution is 2.35. The van der Waals surface area contributed by atoms with Gasteiger partial charge in [-0.05, 0) is 69.0 Å². The molecule has 0 atom stereocenters.